The quantitative estimate of drug-likeness (QED) is 0.731. The number of aryl methyl sites for hydroxylation is 1. The first-order chi connectivity index (χ1) is 9.38. The van der Waals surface area contributed by atoms with E-state index in [9.17, 15) is 0 Å². The van der Waals surface area contributed by atoms with Crippen LogP contribution in [0.25, 0.3) is 0 Å². The summed E-state index contributed by atoms with van der Waals surface area (Å²) in [5.74, 6) is 1.48. The summed E-state index contributed by atoms with van der Waals surface area (Å²) < 4.78 is 11.3. The molecule has 0 amide bonds. The number of nitrogens with zero attached hydrogens (tertiary/aromatic N) is 2. The normalized spacial score (nSPS) is 19.7. The van der Waals surface area contributed by atoms with Gasteiger partial charge in [-0.2, -0.15) is 0 Å². The van der Waals surface area contributed by atoms with Crippen molar-refractivity contribution >= 4 is 0 Å². The monoisotopic (exact) mass is 267 g/mol. The van der Waals surface area contributed by atoms with E-state index >= 15 is 0 Å². The Hall–Kier alpha value is -0.940. The van der Waals surface area contributed by atoms with Crippen LogP contribution in [0.15, 0.2) is 4.42 Å². The number of aromatic nitrogens is 2. The Morgan fingerprint density at radius 2 is 2.11 bits per heavy atom. The van der Waals surface area contributed by atoms with Crippen LogP contribution in [-0.4, -0.2) is 36.0 Å². The van der Waals surface area contributed by atoms with Gasteiger partial charge in [0.05, 0.1) is 12.5 Å². The molecule has 1 unspecified atom stereocenters. The molecule has 2 heterocycles. The van der Waals surface area contributed by atoms with Crippen LogP contribution >= 0.6 is 0 Å². The molecule has 108 valence electrons. The van der Waals surface area contributed by atoms with Crippen molar-refractivity contribution in [2.45, 2.75) is 58.0 Å². The highest BCUT2D eigenvalue weighted by atomic mass is 16.5. The Morgan fingerprint density at radius 3 is 2.89 bits per heavy atom. The fourth-order valence-electron chi connectivity index (χ4n) is 2.30. The highest BCUT2D eigenvalue weighted by Gasteiger charge is 2.17. The van der Waals surface area contributed by atoms with Crippen molar-refractivity contribution in [1.82, 2.24) is 15.5 Å². The van der Waals surface area contributed by atoms with Crippen LogP contribution in [0.3, 0.4) is 0 Å². The van der Waals surface area contributed by atoms with Crippen LogP contribution in [0, 0.1) is 0 Å². The third kappa shape index (κ3) is 5.28. The molecule has 0 saturated carbocycles. The number of rotatable bonds is 8. The summed E-state index contributed by atoms with van der Waals surface area (Å²) in [6.07, 6.45) is 7.64. The summed E-state index contributed by atoms with van der Waals surface area (Å²) >= 11 is 0. The van der Waals surface area contributed by atoms with Gasteiger partial charge in [-0.3, -0.25) is 0 Å². The Kier molecular flexibility index (Phi) is 6.30. The first-order valence-electron chi connectivity index (χ1n) is 7.52. The number of hydrogen-bond acceptors (Lipinski definition) is 5. The van der Waals surface area contributed by atoms with Crippen LogP contribution in [0.2, 0.25) is 0 Å². The summed E-state index contributed by atoms with van der Waals surface area (Å²) in [6.45, 7) is 5.13. The molecular formula is C14H25N3O2. The minimum Gasteiger partial charge on any atom is -0.425 e. The molecule has 0 aromatic carbocycles. The van der Waals surface area contributed by atoms with E-state index in [1.807, 2.05) is 0 Å². The molecule has 1 atom stereocenters. The van der Waals surface area contributed by atoms with Crippen LogP contribution in [0.4, 0.5) is 0 Å². The topological polar surface area (TPSA) is 60.2 Å². The van der Waals surface area contributed by atoms with E-state index in [0.717, 1.165) is 57.2 Å². The summed E-state index contributed by atoms with van der Waals surface area (Å²) in [5, 5.41) is 11.6. The van der Waals surface area contributed by atoms with Crippen LogP contribution < -0.4 is 5.32 Å². The Balaban J connectivity index is 1.66. The summed E-state index contributed by atoms with van der Waals surface area (Å²) in [5.41, 5.74) is 0. The van der Waals surface area contributed by atoms with E-state index in [0.29, 0.717) is 0 Å². The predicted octanol–water partition coefficient (Wildman–Crippen LogP) is 2.11. The van der Waals surface area contributed by atoms with Gasteiger partial charge in [0, 0.05) is 13.0 Å². The fraction of sp³-hybridized carbons (Fsp3) is 0.857. The van der Waals surface area contributed by atoms with E-state index in [2.05, 4.69) is 22.4 Å². The zero-order chi connectivity index (χ0) is 13.3. The van der Waals surface area contributed by atoms with Gasteiger partial charge in [0.15, 0.2) is 0 Å². The summed E-state index contributed by atoms with van der Waals surface area (Å²) in [4.78, 5) is 0. The van der Waals surface area contributed by atoms with Crippen molar-refractivity contribution in [3.63, 3.8) is 0 Å². The molecule has 1 aliphatic heterocycles. The maximum absolute atomic E-state index is 5.68. The van der Waals surface area contributed by atoms with Gasteiger partial charge in [-0.05, 0) is 45.2 Å². The lowest BCUT2D eigenvalue weighted by Gasteiger charge is -2.20. The van der Waals surface area contributed by atoms with Gasteiger partial charge < -0.3 is 14.5 Å². The lowest BCUT2D eigenvalue weighted by Crippen LogP contribution is -2.21. The molecular weight excluding hydrogens is 242 g/mol. The van der Waals surface area contributed by atoms with E-state index in [1.54, 1.807) is 0 Å². The SMILES string of the molecule is CCCNCCCc1nnc(CC2CCCCO2)o1. The van der Waals surface area contributed by atoms with E-state index < -0.39 is 0 Å². The van der Waals surface area contributed by atoms with Crippen LogP contribution in [0.5, 0.6) is 0 Å². The zero-order valence-corrected chi connectivity index (χ0v) is 11.9. The molecule has 0 aliphatic carbocycles. The fourth-order valence-corrected chi connectivity index (χ4v) is 2.30. The minimum atomic E-state index is 0.272. The van der Waals surface area contributed by atoms with E-state index in [1.165, 1.54) is 19.3 Å². The highest BCUT2D eigenvalue weighted by molar-refractivity contribution is 4.85. The molecule has 1 aliphatic rings. The third-order valence-electron chi connectivity index (χ3n) is 3.36. The second-order valence-corrected chi connectivity index (χ2v) is 5.14. The Morgan fingerprint density at radius 1 is 1.21 bits per heavy atom. The van der Waals surface area contributed by atoms with Crippen LogP contribution in [0.1, 0.15) is 50.8 Å². The van der Waals surface area contributed by atoms with Crippen molar-refractivity contribution < 1.29 is 9.15 Å². The third-order valence-corrected chi connectivity index (χ3v) is 3.36. The van der Waals surface area contributed by atoms with Gasteiger partial charge >= 0.3 is 0 Å². The lowest BCUT2D eigenvalue weighted by molar-refractivity contribution is 0.0130. The standard InChI is InChI=1S/C14H25N3O2/c1-2-8-15-9-5-7-13-16-17-14(19-13)11-12-6-3-4-10-18-12/h12,15H,2-11H2,1H3. The first kappa shape index (κ1) is 14.5. The zero-order valence-electron chi connectivity index (χ0n) is 11.9. The maximum atomic E-state index is 5.68. The number of nitrogens with one attached hydrogen (secondary N) is 1. The molecule has 1 aromatic rings. The molecule has 2 rings (SSSR count). The van der Waals surface area contributed by atoms with Gasteiger partial charge in [0.2, 0.25) is 11.8 Å². The minimum absolute atomic E-state index is 0.272. The largest absolute Gasteiger partial charge is 0.425 e. The van der Waals surface area contributed by atoms with Crippen molar-refractivity contribution in [1.29, 1.82) is 0 Å². The second-order valence-electron chi connectivity index (χ2n) is 5.14. The summed E-state index contributed by atoms with van der Waals surface area (Å²) in [7, 11) is 0. The molecule has 0 radical (unpaired) electrons. The van der Waals surface area contributed by atoms with Gasteiger partial charge in [-0.15, -0.1) is 10.2 Å². The molecule has 5 nitrogen and oxygen atoms in total. The van der Waals surface area contributed by atoms with Gasteiger partial charge in [0.25, 0.3) is 0 Å². The molecule has 0 spiro atoms. The Bertz CT molecular complexity index is 348. The molecule has 0 bridgehead atoms. The molecule has 5 heteroatoms. The van der Waals surface area contributed by atoms with Crippen molar-refractivity contribution in [3.8, 4) is 0 Å². The second kappa shape index (κ2) is 8.27. The smallest absolute Gasteiger partial charge is 0.219 e. The lowest BCUT2D eigenvalue weighted by atomic mass is 10.1. The van der Waals surface area contributed by atoms with Gasteiger partial charge in [0.1, 0.15) is 0 Å². The van der Waals surface area contributed by atoms with Gasteiger partial charge in [-0.25, -0.2) is 0 Å². The molecule has 19 heavy (non-hydrogen) atoms. The summed E-state index contributed by atoms with van der Waals surface area (Å²) in [6, 6.07) is 0. The van der Waals surface area contributed by atoms with E-state index in [4.69, 9.17) is 9.15 Å². The Labute approximate surface area is 115 Å². The van der Waals surface area contributed by atoms with Crippen molar-refractivity contribution in [2.75, 3.05) is 19.7 Å². The predicted molar refractivity (Wildman–Crippen MR) is 73.1 cm³/mol. The molecule has 1 saturated heterocycles. The van der Waals surface area contributed by atoms with Crippen molar-refractivity contribution in [2.24, 2.45) is 0 Å². The van der Waals surface area contributed by atoms with Crippen LogP contribution in [-0.2, 0) is 17.6 Å². The average molecular weight is 267 g/mol. The average Bonchev–Trinajstić information content (AvgIpc) is 2.87. The molecule has 1 N–H and O–H groups in total. The number of ether oxygens (including phenoxy) is 1. The molecule has 1 aromatic heterocycles. The maximum Gasteiger partial charge on any atom is 0.219 e. The molecule has 1 fully saturated rings. The van der Waals surface area contributed by atoms with Crippen molar-refractivity contribution in [3.05, 3.63) is 11.8 Å². The first-order valence-corrected chi connectivity index (χ1v) is 7.52. The highest BCUT2D eigenvalue weighted by Crippen LogP contribution is 2.16. The van der Waals surface area contributed by atoms with E-state index in [-0.39, 0.29) is 6.10 Å². The number of hydrogen-bond donors (Lipinski definition) is 1. The van der Waals surface area contributed by atoms with Gasteiger partial charge in [-0.1, -0.05) is 6.92 Å².